The number of nitrogens with zero attached hydrogens (tertiary/aromatic N) is 1. The van der Waals surface area contributed by atoms with Gasteiger partial charge >= 0.3 is 5.97 Å². The molecule has 0 saturated heterocycles. The van der Waals surface area contributed by atoms with E-state index in [-0.39, 0.29) is 24.1 Å². The molecule has 0 fully saturated rings. The van der Waals surface area contributed by atoms with E-state index >= 15 is 0 Å². The highest BCUT2D eigenvalue weighted by molar-refractivity contribution is 7.11. The molecular weight excluding hydrogens is 228 g/mol. The summed E-state index contributed by atoms with van der Waals surface area (Å²) in [4.78, 5) is 14.1. The Morgan fingerprint density at radius 1 is 1.86 bits per heavy atom. The Hall–Kier alpha value is -0.850. The Bertz CT molecular complexity index is 303. The predicted molar refractivity (Wildman–Crippen MR) is 55.5 cm³/mol. The maximum absolute atomic E-state index is 10.4. The number of thiazole rings is 1. The molecule has 5 nitrogen and oxygen atoms in total. The van der Waals surface area contributed by atoms with Crippen LogP contribution in [0.1, 0.15) is 17.4 Å². The van der Waals surface area contributed by atoms with Crippen LogP contribution >= 0.6 is 23.7 Å². The number of hydrogen-bond donors (Lipinski definition) is 2. The van der Waals surface area contributed by atoms with Gasteiger partial charge in [-0.2, -0.15) is 4.98 Å². The number of aromatic carboxylic acids is 1. The lowest BCUT2D eigenvalue weighted by Crippen LogP contribution is -2.23. The molecule has 1 aromatic heterocycles. The van der Waals surface area contributed by atoms with Crippen LogP contribution < -0.4 is 10.5 Å². The van der Waals surface area contributed by atoms with Crippen LogP contribution in [0.2, 0.25) is 0 Å². The fourth-order valence-corrected chi connectivity index (χ4v) is 1.28. The zero-order valence-electron chi connectivity index (χ0n) is 7.47. The second kappa shape index (κ2) is 5.79. The Morgan fingerprint density at radius 3 is 2.93 bits per heavy atom. The number of ether oxygens (including phenoxy) is 1. The first-order chi connectivity index (χ1) is 6.09. The molecule has 80 valence electrons. The number of hydrogen-bond acceptors (Lipinski definition) is 5. The summed E-state index contributed by atoms with van der Waals surface area (Å²) >= 11 is 1.15. The molecule has 0 aromatic carbocycles. The second-order valence-electron chi connectivity index (χ2n) is 2.59. The highest BCUT2D eigenvalue weighted by atomic mass is 35.5. The molecule has 1 unspecified atom stereocenters. The molecule has 0 aliphatic heterocycles. The third-order valence-corrected chi connectivity index (χ3v) is 1.92. The highest BCUT2D eigenvalue weighted by Crippen LogP contribution is 2.17. The zero-order chi connectivity index (χ0) is 9.84. The van der Waals surface area contributed by atoms with E-state index in [4.69, 9.17) is 15.6 Å². The normalized spacial score (nSPS) is 11.6. The van der Waals surface area contributed by atoms with Crippen LogP contribution in [0, 0.1) is 0 Å². The Balaban J connectivity index is 0.00000169. The van der Waals surface area contributed by atoms with Crippen LogP contribution in [-0.2, 0) is 0 Å². The SMILES string of the molecule is CC(N)COc1nc(C(=O)O)cs1.Cl. The van der Waals surface area contributed by atoms with Crippen LogP contribution in [-0.4, -0.2) is 28.7 Å². The first-order valence-electron chi connectivity index (χ1n) is 3.67. The van der Waals surface area contributed by atoms with Gasteiger partial charge in [-0.1, -0.05) is 11.3 Å². The number of carboxylic acid groups (broad SMARTS) is 1. The first-order valence-corrected chi connectivity index (χ1v) is 4.54. The average molecular weight is 239 g/mol. The van der Waals surface area contributed by atoms with Gasteiger partial charge in [-0.3, -0.25) is 0 Å². The molecule has 1 aromatic rings. The van der Waals surface area contributed by atoms with Crippen LogP contribution in [0.5, 0.6) is 5.19 Å². The second-order valence-corrected chi connectivity index (χ2v) is 3.41. The van der Waals surface area contributed by atoms with Crippen LogP contribution in [0.4, 0.5) is 0 Å². The summed E-state index contributed by atoms with van der Waals surface area (Å²) in [7, 11) is 0. The van der Waals surface area contributed by atoms with E-state index in [1.165, 1.54) is 5.38 Å². The maximum atomic E-state index is 10.4. The molecule has 0 aliphatic carbocycles. The molecule has 0 amide bonds. The van der Waals surface area contributed by atoms with Gasteiger partial charge in [0.1, 0.15) is 6.61 Å². The van der Waals surface area contributed by atoms with Crippen molar-refractivity contribution in [2.45, 2.75) is 13.0 Å². The molecule has 0 saturated carbocycles. The number of rotatable bonds is 4. The summed E-state index contributed by atoms with van der Waals surface area (Å²) in [6, 6.07) is -0.0859. The molecule has 3 N–H and O–H groups in total. The van der Waals surface area contributed by atoms with Crippen LogP contribution in [0.25, 0.3) is 0 Å². The number of carbonyl (C=O) groups is 1. The van der Waals surface area contributed by atoms with Crippen molar-refractivity contribution in [1.29, 1.82) is 0 Å². The first kappa shape index (κ1) is 13.2. The van der Waals surface area contributed by atoms with Gasteiger partial charge in [-0.15, -0.1) is 12.4 Å². The fourth-order valence-electron chi connectivity index (χ4n) is 0.625. The Labute approximate surface area is 91.3 Å². The third kappa shape index (κ3) is 3.91. The zero-order valence-corrected chi connectivity index (χ0v) is 9.10. The van der Waals surface area contributed by atoms with Crippen molar-refractivity contribution in [3.63, 3.8) is 0 Å². The topological polar surface area (TPSA) is 85.4 Å². The number of halogens is 1. The maximum Gasteiger partial charge on any atom is 0.355 e. The molecule has 0 radical (unpaired) electrons. The molecule has 1 heterocycles. The van der Waals surface area contributed by atoms with E-state index in [1.807, 2.05) is 0 Å². The highest BCUT2D eigenvalue weighted by Gasteiger charge is 2.09. The number of nitrogens with two attached hydrogens (primary N) is 1. The molecule has 0 spiro atoms. The summed E-state index contributed by atoms with van der Waals surface area (Å²) < 4.78 is 5.12. The smallest absolute Gasteiger partial charge is 0.355 e. The quantitative estimate of drug-likeness (QED) is 0.817. The van der Waals surface area contributed by atoms with E-state index in [1.54, 1.807) is 6.92 Å². The molecule has 1 atom stereocenters. The minimum Gasteiger partial charge on any atom is -0.476 e. The van der Waals surface area contributed by atoms with Gasteiger partial charge in [0.2, 0.25) is 0 Å². The van der Waals surface area contributed by atoms with Crippen molar-refractivity contribution >= 4 is 29.7 Å². The van der Waals surface area contributed by atoms with Gasteiger partial charge in [0.25, 0.3) is 5.19 Å². The van der Waals surface area contributed by atoms with Crippen molar-refractivity contribution in [2.75, 3.05) is 6.61 Å². The van der Waals surface area contributed by atoms with Gasteiger partial charge in [0.15, 0.2) is 5.69 Å². The summed E-state index contributed by atoms with van der Waals surface area (Å²) in [5.74, 6) is -1.05. The van der Waals surface area contributed by atoms with Gasteiger partial charge in [-0.05, 0) is 6.92 Å². The van der Waals surface area contributed by atoms with E-state index in [2.05, 4.69) is 4.98 Å². The minimum absolute atomic E-state index is 0. The lowest BCUT2D eigenvalue weighted by Gasteiger charge is -2.03. The third-order valence-electron chi connectivity index (χ3n) is 1.17. The van der Waals surface area contributed by atoms with Crippen molar-refractivity contribution in [3.05, 3.63) is 11.1 Å². The van der Waals surface area contributed by atoms with E-state index in [0.29, 0.717) is 11.8 Å². The fraction of sp³-hybridized carbons (Fsp3) is 0.429. The molecular formula is C7H11ClN2O3S. The van der Waals surface area contributed by atoms with Gasteiger partial charge in [0, 0.05) is 11.4 Å². The van der Waals surface area contributed by atoms with E-state index in [0.717, 1.165) is 11.3 Å². The summed E-state index contributed by atoms with van der Waals surface area (Å²) in [5.41, 5.74) is 5.45. The predicted octanol–water partition coefficient (Wildman–Crippen LogP) is 0.989. The van der Waals surface area contributed by atoms with E-state index < -0.39 is 5.97 Å². The Kier molecular flexibility index (Phi) is 5.44. The number of aromatic nitrogens is 1. The Morgan fingerprint density at radius 2 is 2.50 bits per heavy atom. The lowest BCUT2D eigenvalue weighted by atomic mass is 10.4. The molecule has 0 aliphatic rings. The molecule has 7 heteroatoms. The largest absolute Gasteiger partial charge is 0.476 e. The van der Waals surface area contributed by atoms with Crippen molar-refractivity contribution < 1.29 is 14.6 Å². The number of carboxylic acids is 1. The van der Waals surface area contributed by atoms with Crippen molar-refractivity contribution in [1.82, 2.24) is 4.98 Å². The van der Waals surface area contributed by atoms with Crippen molar-refractivity contribution in [2.24, 2.45) is 5.73 Å². The molecule has 14 heavy (non-hydrogen) atoms. The average Bonchev–Trinajstić information content (AvgIpc) is 2.48. The van der Waals surface area contributed by atoms with Gasteiger partial charge < -0.3 is 15.6 Å². The van der Waals surface area contributed by atoms with Gasteiger partial charge in [0.05, 0.1) is 0 Å². The summed E-state index contributed by atoms with van der Waals surface area (Å²) in [6.07, 6.45) is 0. The monoisotopic (exact) mass is 238 g/mol. The van der Waals surface area contributed by atoms with Crippen molar-refractivity contribution in [3.8, 4) is 5.19 Å². The molecule has 1 rings (SSSR count). The van der Waals surface area contributed by atoms with Gasteiger partial charge in [-0.25, -0.2) is 4.79 Å². The lowest BCUT2D eigenvalue weighted by molar-refractivity contribution is 0.0690. The standard InChI is InChI=1S/C7H10N2O3S.ClH/c1-4(8)2-12-7-9-5(3-13-7)6(10)11;/h3-4H,2,8H2,1H3,(H,10,11);1H. The summed E-state index contributed by atoms with van der Waals surface area (Å²) in [6.45, 7) is 2.14. The summed E-state index contributed by atoms with van der Waals surface area (Å²) in [5, 5.41) is 10.3. The van der Waals surface area contributed by atoms with Crippen LogP contribution in [0.15, 0.2) is 5.38 Å². The van der Waals surface area contributed by atoms with Crippen LogP contribution in [0.3, 0.4) is 0 Å². The molecule has 0 bridgehead atoms. The minimum atomic E-state index is -1.05. The van der Waals surface area contributed by atoms with E-state index in [9.17, 15) is 4.79 Å².